The van der Waals surface area contributed by atoms with Gasteiger partial charge < -0.3 is 15.6 Å². The van der Waals surface area contributed by atoms with Crippen molar-refractivity contribution >= 4 is 5.91 Å². The second-order valence-corrected chi connectivity index (χ2v) is 5.18. The Kier molecular flexibility index (Phi) is 3.76. The minimum Gasteiger partial charge on any atom is -0.344 e. The summed E-state index contributed by atoms with van der Waals surface area (Å²) < 4.78 is 2.09. The third-order valence-corrected chi connectivity index (χ3v) is 4.07. The minimum atomic E-state index is -0.268. The highest BCUT2D eigenvalue weighted by Gasteiger charge is 2.30. The lowest BCUT2D eigenvalue weighted by atomic mass is 9.93. The molecule has 1 saturated carbocycles. The summed E-state index contributed by atoms with van der Waals surface area (Å²) in [6.07, 6.45) is 6.07. The van der Waals surface area contributed by atoms with Gasteiger partial charge in [0.05, 0.1) is 5.54 Å². The Morgan fingerprint density at radius 2 is 2.17 bits per heavy atom. The molecule has 0 aliphatic heterocycles. The van der Waals surface area contributed by atoms with Gasteiger partial charge in [-0.1, -0.05) is 13.8 Å². The quantitative estimate of drug-likeness (QED) is 0.810. The number of nitrogens with two attached hydrogens (primary N) is 1. The summed E-state index contributed by atoms with van der Waals surface area (Å²) in [6, 6.07) is 4.35. The lowest BCUT2D eigenvalue weighted by molar-refractivity contribution is 0.0885. The van der Waals surface area contributed by atoms with Crippen LogP contribution in [0.1, 0.15) is 56.1 Å². The zero-order valence-corrected chi connectivity index (χ0v) is 11.3. The summed E-state index contributed by atoms with van der Waals surface area (Å²) in [5.74, 6) is 0.000972. The minimum absolute atomic E-state index is 0.000972. The molecule has 0 unspecified atom stereocenters. The second-order valence-electron chi connectivity index (χ2n) is 5.18. The summed E-state index contributed by atoms with van der Waals surface area (Å²) in [4.78, 5) is 12.4. The Hall–Kier alpha value is -1.29. The number of carbonyl (C=O) groups is 1. The standard InChI is InChI=1S/C14H23N3O/c1-3-14(4-2,10-15)16-13(18)12-6-5-9-17(12)11-7-8-11/h5-6,9,11H,3-4,7-8,10,15H2,1-2H3,(H,16,18). The smallest absolute Gasteiger partial charge is 0.268 e. The Morgan fingerprint density at radius 3 is 2.67 bits per heavy atom. The first-order valence-electron chi connectivity index (χ1n) is 6.85. The maximum absolute atomic E-state index is 12.4. The van der Waals surface area contributed by atoms with Gasteiger partial charge in [-0.25, -0.2) is 0 Å². The highest BCUT2D eigenvalue weighted by atomic mass is 16.2. The van der Waals surface area contributed by atoms with E-state index in [-0.39, 0.29) is 11.4 Å². The van der Waals surface area contributed by atoms with Gasteiger partial charge in [0.1, 0.15) is 5.69 Å². The molecule has 3 N–H and O–H groups in total. The lowest BCUT2D eigenvalue weighted by Gasteiger charge is -2.31. The number of hydrogen-bond donors (Lipinski definition) is 2. The zero-order valence-electron chi connectivity index (χ0n) is 11.3. The topological polar surface area (TPSA) is 60.0 Å². The van der Waals surface area contributed by atoms with Crippen molar-refractivity contribution in [2.24, 2.45) is 5.73 Å². The summed E-state index contributed by atoms with van der Waals surface area (Å²) in [7, 11) is 0. The normalized spacial score (nSPS) is 15.7. The van der Waals surface area contributed by atoms with Crippen LogP contribution < -0.4 is 11.1 Å². The molecule has 1 aromatic heterocycles. The molecule has 4 nitrogen and oxygen atoms in total. The molecule has 18 heavy (non-hydrogen) atoms. The van der Waals surface area contributed by atoms with E-state index in [0.29, 0.717) is 12.6 Å². The van der Waals surface area contributed by atoms with E-state index in [4.69, 9.17) is 5.73 Å². The van der Waals surface area contributed by atoms with Crippen molar-refractivity contribution in [1.29, 1.82) is 0 Å². The number of carbonyl (C=O) groups excluding carboxylic acids is 1. The average Bonchev–Trinajstić information content (AvgIpc) is 3.13. The van der Waals surface area contributed by atoms with Gasteiger partial charge in [-0.15, -0.1) is 0 Å². The number of rotatable bonds is 6. The summed E-state index contributed by atoms with van der Waals surface area (Å²) in [6.45, 7) is 4.61. The van der Waals surface area contributed by atoms with Gasteiger partial charge in [0, 0.05) is 18.8 Å². The van der Waals surface area contributed by atoms with Crippen molar-refractivity contribution in [3.05, 3.63) is 24.0 Å². The Morgan fingerprint density at radius 1 is 1.50 bits per heavy atom. The Bertz CT molecular complexity index is 408. The molecule has 0 aromatic carbocycles. The van der Waals surface area contributed by atoms with Crippen LogP contribution in [0.5, 0.6) is 0 Å². The largest absolute Gasteiger partial charge is 0.344 e. The lowest BCUT2D eigenvalue weighted by Crippen LogP contribution is -2.53. The van der Waals surface area contributed by atoms with Crippen LogP contribution in [0.25, 0.3) is 0 Å². The molecule has 1 aliphatic carbocycles. The third kappa shape index (κ3) is 2.43. The maximum atomic E-state index is 12.4. The monoisotopic (exact) mass is 249 g/mol. The average molecular weight is 249 g/mol. The summed E-state index contributed by atoms with van der Waals surface area (Å²) in [5.41, 5.74) is 6.31. The van der Waals surface area contributed by atoms with Gasteiger partial charge in [0.15, 0.2) is 0 Å². The fourth-order valence-electron chi connectivity index (χ4n) is 2.33. The van der Waals surface area contributed by atoms with E-state index >= 15 is 0 Å². The molecule has 0 radical (unpaired) electrons. The Labute approximate surface area is 109 Å². The molecule has 1 heterocycles. The van der Waals surface area contributed by atoms with Gasteiger partial charge in [-0.3, -0.25) is 4.79 Å². The van der Waals surface area contributed by atoms with Crippen molar-refractivity contribution in [1.82, 2.24) is 9.88 Å². The van der Waals surface area contributed by atoms with E-state index in [1.165, 1.54) is 12.8 Å². The number of amides is 1. The van der Waals surface area contributed by atoms with E-state index in [1.54, 1.807) is 0 Å². The molecule has 0 atom stereocenters. The van der Waals surface area contributed by atoms with E-state index in [0.717, 1.165) is 18.5 Å². The van der Waals surface area contributed by atoms with E-state index in [1.807, 2.05) is 18.3 Å². The molecule has 4 heteroatoms. The number of hydrogen-bond acceptors (Lipinski definition) is 2. The predicted octanol–water partition coefficient (Wildman–Crippen LogP) is 2.07. The van der Waals surface area contributed by atoms with Crippen molar-refractivity contribution < 1.29 is 4.79 Å². The van der Waals surface area contributed by atoms with Crippen LogP contribution in [0.2, 0.25) is 0 Å². The maximum Gasteiger partial charge on any atom is 0.268 e. The molecule has 1 aliphatic rings. The van der Waals surface area contributed by atoms with Crippen molar-refractivity contribution in [3.63, 3.8) is 0 Å². The highest BCUT2D eigenvalue weighted by Crippen LogP contribution is 2.36. The molecule has 1 aromatic rings. The van der Waals surface area contributed by atoms with Crippen LogP contribution in [0.4, 0.5) is 0 Å². The van der Waals surface area contributed by atoms with Gasteiger partial charge in [-0.05, 0) is 37.8 Å². The van der Waals surface area contributed by atoms with Gasteiger partial charge in [0.25, 0.3) is 5.91 Å². The van der Waals surface area contributed by atoms with Crippen molar-refractivity contribution in [2.45, 2.75) is 51.1 Å². The molecule has 0 spiro atoms. The van der Waals surface area contributed by atoms with E-state index in [9.17, 15) is 4.79 Å². The molecule has 1 fully saturated rings. The summed E-state index contributed by atoms with van der Waals surface area (Å²) >= 11 is 0. The third-order valence-electron chi connectivity index (χ3n) is 4.07. The molecular formula is C14H23N3O. The number of nitrogens with one attached hydrogen (secondary N) is 1. The van der Waals surface area contributed by atoms with Crippen molar-refractivity contribution in [3.8, 4) is 0 Å². The molecule has 2 rings (SSSR count). The van der Waals surface area contributed by atoms with E-state index < -0.39 is 0 Å². The number of aromatic nitrogens is 1. The second kappa shape index (κ2) is 5.14. The fraction of sp³-hybridized carbons (Fsp3) is 0.643. The molecule has 1 amide bonds. The van der Waals surface area contributed by atoms with Gasteiger partial charge in [-0.2, -0.15) is 0 Å². The first-order valence-corrected chi connectivity index (χ1v) is 6.85. The first kappa shape index (κ1) is 13.1. The molecule has 0 saturated heterocycles. The van der Waals surface area contributed by atoms with Gasteiger partial charge in [0.2, 0.25) is 0 Å². The van der Waals surface area contributed by atoms with Crippen molar-refractivity contribution in [2.75, 3.05) is 6.54 Å². The van der Waals surface area contributed by atoms with E-state index in [2.05, 4.69) is 23.7 Å². The molecule has 100 valence electrons. The van der Waals surface area contributed by atoms with Crippen LogP contribution in [0.3, 0.4) is 0 Å². The number of nitrogens with zero attached hydrogens (tertiary/aromatic N) is 1. The highest BCUT2D eigenvalue weighted by molar-refractivity contribution is 5.93. The summed E-state index contributed by atoms with van der Waals surface area (Å²) in [5, 5.41) is 3.12. The Balaban J connectivity index is 2.13. The SMILES string of the molecule is CCC(CC)(CN)NC(=O)c1cccn1C1CC1. The van der Waals surface area contributed by atoms with Crippen LogP contribution in [-0.4, -0.2) is 22.6 Å². The molecule has 0 bridgehead atoms. The predicted molar refractivity (Wildman–Crippen MR) is 72.5 cm³/mol. The molecular weight excluding hydrogens is 226 g/mol. The van der Waals surface area contributed by atoms with Crippen LogP contribution >= 0.6 is 0 Å². The fourth-order valence-corrected chi connectivity index (χ4v) is 2.33. The van der Waals surface area contributed by atoms with Crippen LogP contribution in [0.15, 0.2) is 18.3 Å². The van der Waals surface area contributed by atoms with Crippen LogP contribution in [-0.2, 0) is 0 Å². The van der Waals surface area contributed by atoms with Gasteiger partial charge >= 0.3 is 0 Å². The first-order chi connectivity index (χ1) is 8.65. The zero-order chi connectivity index (χ0) is 13.2. The van der Waals surface area contributed by atoms with Crippen LogP contribution in [0, 0.1) is 0 Å².